The maximum atomic E-state index is 13.5. The topological polar surface area (TPSA) is 59.9 Å². The molecule has 176 valence electrons. The van der Waals surface area contributed by atoms with Crippen molar-refractivity contribution in [1.82, 2.24) is 15.0 Å². The third-order valence-corrected chi connectivity index (χ3v) is 4.91. The number of nitrogens with one attached hydrogen (secondary N) is 1. The molecular weight excluding hydrogens is 448 g/mol. The number of ether oxygens (including phenoxy) is 1. The summed E-state index contributed by atoms with van der Waals surface area (Å²) in [5.41, 5.74) is 0.968. The quantitative estimate of drug-likeness (QED) is 0.302. The molecule has 0 aliphatic carbocycles. The zero-order chi connectivity index (χ0) is 24.3. The monoisotopic (exact) mass is 470 g/mol. The Morgan fingerprint density at radius 2 is 1.76 bits per heavy atom. The van der Waals surface area contributed by atoms with Crippen LogP contribution < -0.4 is 5.32 Å². The number of alkyl halides is 3. The van der Waals surface area contributed by atoms with Gasteiger partial charge in [0.15, 0.2) is 5.65 Å². The minimum atomic E-state index is -4.57. The minimum Gasteiger partial charge on any atom is -0.375 e. The molecule has 0 unspecified atom stereocenters. The van der Waals surface area contributed by atoms with Crippen molar-refractivity contribution in [3.8, 4) is 11.4 Å². The molecule has 0 saturated heterocycles. The van der Waals surface area contributed by atoms with E-state index in [9.17, 15) is 17.6 Å². The second kappa shape index (κ2) is 9.72. The Kier molecular flexibility index (Phi) is 6.74. The van der Waals surface area contributed by atoms with Crippen molar-refractivity contribution in [2.24, 2.45) is 5.92 Å². The van der Waals surface area contributed by atoms with Crippen LogP contribution in [0, 0.1) is 11.7 Å². The van der Waals surface area contributed by atoms with Gasteiger partial charge in [0.1, 0.15) is 11.5 Å². The maximum Gasteiger partial charge on any atom is 0.418 e. The summed E-state index contributed by atoms with van der Waals surface area (Å²) >= 11 is 0. The van der Waals surface area contributed by atoms with Gasteiger partial charge in [-0.1, -0.05) is 13.8 Å². The zero-order valence-electron chi connectivity index (χ0n) is 18.5. The first-order chi connectivity index (χ1) is 16.2. The number of anilines is 2. The molecule has 3 heterocycles. The maximum absolute atomic E-state index is 13.5. The Labute approximate surface area is 193 Å². The van der Waals surface area contributed by atoms with E-state index in [4.69, 9.17) is 4.74 Å². The minimum absolute atomic E-state index is 0.0564. The number of benzene rings is 1. The molecule has 5 nitrogen and oxygen atoms in total. The Bertz CT molecular complexity index is 1290. The summed E-state index contributed by atoms with van der Waals surface area (Å²) in [6.45, 7) is 4.77. The fraction of sp³-hybridized carbons (Fsp3) is 0.240. The lowest BCUT2D eigenvalue weighted by Gasteiger charge is -2.14. The van der Waals surface area contributed by atoms with Crippen LogP contribution in [-0.2, 0) is 17.5 Å². The second-order valence-electron chi connectivity index (χ2n) is 8.17. The smallest absolute Gasteiger partial charge is 0.375 e. The highest BCUT2D eigenvalue weighted by Gasteiger charge is 2.34. The highest BCUT2D eigenvalue weighted by atomic mass is 19.4. The summed E-state index contributed by atoms with van der Waals surface area (Å²) in [5, 5.41) is 3.80. The Morgan fingerprint density at radius 1 is 1.00 bits per heavy atom. The largest absolute Gasteiger partial charge is 0.418 e. The Morgan fingerprint density at radius 3 is 2.47 bits per heavy atom. The molecule has 0 aliphatic heterocycles. The van der Waals surface area contributed by atoms with Gasteiger partial charge in [-0.3, -0.25) is 4.98 Å². The van der Waals surface area contributed by atoms with E-state index >= 15 is 0 Å². The van der Waals surface area contributed by atoms with E-state index in [-0.39, 0.29) is 29.5 Å². The molecule has 34 heavy (non-hydrogen) atoms. The van der Waals surface area contributed by atoms with Gasteiger partial charge in [0, 0.05) is 23.9 Å². The van der Waals surface area contributed by atoms with Crippen LogP contribution in [0.4, 0.5) is 28.9 Å². The molecule has 0 amide bonds. The summed E-state index contributed by atoms with van der Waals surface area (Å²) in [6.07, 6.45) is -3.28. The number of pyridine rings is 3. The molecule has 0 atom stereocenters. The number of nitrogens with zero attached hydrogens (tertiary/aromatic N) is 3. The van der Waals surface area contributed by atoms with Crippen molar-refractivity contribution in [2.45, 2.75) is 26.6 Å². The van der Waals surface area contributed by atoms with E-state index in [2.05, 4.69) is 20.3 Å². The highest BCUT2D eigenvalue weighted by Crippen LogP contribution is 2.36. The first-order valence-corrected chi connectivity index (χ1v) is 10.6. The van der Waals surface area contributed by atoms with Gasteiger partial charge in [0.05, 0.1) is 29.2 Å². The van der Waals surface area contributed by atoms with E-state index in [0.29, 0.717) is 35.0 Å². The molecule has 9 heteroatoms. The van der Waals surface area contributed by atoms with Crippen LogP contribution in [0.15, 0.2) is 60.8 Å². The average Bonchev–Trinajstić information content (AvgIpc) is 2.79. The highest BCUT2D eigenvalue weighted by molar-refractivity contribution is 5.92. The van der Waals surface area contributed by atoms with Gasteiger partial charge in [0.2, 0.25) is 0 Å². The number of halogens is 4. The van der Waals surface area contributed by atoms with E-state index in [0.717, 1.165) is 6.07 Å². The molecular formula is C25H22F4N4O. The third kappa shape index (κ3) is 5.48. The van der Waals surface area contributed by atoms with Gasteiger partial charge in [-0.25, -0.2) is 14.4 Å². The summed E-state index contributed by atoms with van der Waals surface area (Å²) in [5.74, 6) is -0.0398. The predicted octanol–water partition coefficient (Wildman–Crippen LogP) is 6.77. The third-order valence-electron chi connectivity index (χ3n) is 4.91. The first kappa shape index (κ1) is 23.6. The Hall–Kier alpha value is -3.59. The van der Waals surface area contributed by atoms with Crippen LogP contribution in [0.5, 0.6) is 0 Å². The van der Waals surface area contributed by atoms with Crippen molar-refractivity contribution in [1.29, 1.82) is 0 Å². The van der Waals surface area contributed by atoms with Crippen LogP contribution in [0.3, 0.4) is 0 Å². The Balaban J connectivity index is 1.79. The van der Waals surface area contributed by atoms with Crippen molar-refractivity contribution < 1.29 is 22.3 Å². The summed E-state index contributed by atoms with van der Waals surface area (Å²) < 4.78 is 59.6. The second-order valence-corrected chi connectivity index (χ2v) is 8.17. The van der Waals surface area contributed by atoms with E-state index in [1.165, 1.54) is 30.5 Å². The van der Waals surface area contributed by atoms with Gasteiger partial charge in [-0.2, -0.15) is 13.2 Å². The molecule has 0 radical (unpaired) electrons. The summed E-state index contributed by atoms with van der Waals surface area (Å²) in [4.78, 5) is 12.9. The number of aromatic nitrogens is 3. The van der Waals surface area contributed by atoms with Gasteiger partial charge in [-0.05, 0) is 60.5 Å². The lowest BCUT2D eigenvalue weighted by atomic mass is 10.1. The lowest BCUT2D eigenvalue weighted by molar-refractivity contribution is -0.137. The fourth-order valence-corrected chi connectivity index (χ4v) is 3.39. The van der Waals surface area contributed by atoms with E-state index in [1.807, 2.05) is 13.8 Å². The predicted molar refractivity (Wildman–Crippen MR) is 122 cm³/mol. The lowest BCUT2D eigenvalue weighted by Crippen LogP contribution is -2.09. The summed E-state index contributed by atoms with van der Waals surface area (Å²) in [7, 11) is 0. The normalized spacial score (nSPS) is 11.9. The van der Waals surface area contributed by atoms with Crippen molar-refractivity contribution in [3.05, 3.63) is 77.9 Å². The van der Waals surface area contributed by atoms with Crippen LogP contribution in [0.1, 0.15) is 25.1 Å². The molecule has 4 aromatic rings. The van der Waals surface area contributed by atoms with Gasteiger partial charge in [-0.15, -0.1) is 0 Å². The molecule has 0 fully saturated rings. The number of fused-ring (bicyclic) bond motifs is 1. The molecule has 1 aromatic carbocycles. The molecule has 0 bridgehead atoms. The van der Waals surface area contributed by atoms with Crippen molar-refractivity contribution in [2.75, 3.05) is 11.9 Å². The average molecular weight is 470 g/mol. The van der Waals surface area contributed by atoms with Crippen LogP contribution in [0.25, 0.3) is 22.4 Å². The van der Waals surface area contributed by atoms with E-state index < -0.39 is 11.7 Å². The first-order valence-electron chi connectivity index (χ1n) is 10.6. The molecule has 0 aliphatic rings. The number of hydrogen-bond donors (Lipinski definition) is 1. The fourth-order valence-electron chi connectivity index (χ4n) is 3.39. The van der Waals surface area contributed by atoms with Crippen molar-refractivity contribution >= 4 is 22.4 Å². The van der Waals surface area contributed by atoms with Crippen molar-refractivity contribution in [3.63, 3.8) is 0 Å². The van der Waals surface area contributed by atoms with Crippen LogP contribution in [0.2, 0.25) is 0 Å². The van der Waals surface area contributed by atoms with Gasteiger partial charge < -0.3 is 10.1 Å². The van der Waals surface area contributed by atoms with Gasteiger partial charge in [0.25, 0.3) is 0 Å². The van der Waals surface area contributed by atoms with E-state index in [1.54, 1.807) is 24.3 Å². The molecule has 0 saturated carbocycles. The number of hydrogen-bond acceptors (Lipinski definition) is 5. The summed E-state index contributed by atoms with van der Waals surface area (Å²) in [6, 6.07) is 12.9. The number of rotatable bonds is 7. The van der Waals surface area contributed by atoms with Crippen LogP contribution in [-0.4, -0.2) is 21.6 Å². The van der Waals surface area contributed by atoms with Crippen LogP contribution >= 0.6 is 0 Å². The zero-order valence-corrected chi connectivity index (χ0v) is 18.5. The SMILES string of the molecule is CC(C)COCc1cc(Nc2ccc(F)cc2)c2ccc(-c3ncccc3C(F)(F)F)nc2n1. The molecule has 0 spiro atoms. The molecule has 4 rings (SSSR count). The molecule has 3 aromatic heterocycles. The van der Waals surface area contributed by atoms with Gasteiger partial charge >= 0.3 is 6.18 Å². The standard InChI is InChI=1S/C25H22F4N4O/c1-15(2)13-34-14-18-12-22(31-17-7-5-16(26)6-8-17)19-9-10-21(33-24(19)32-18)23-20(25(27,28)29)4-3-11-30-23/h3-12,15H,13-14H2,1-2H3,(H,31,32,33). The molecule has 1 N–H and O–H groups in total.